The quantitative estimate of drug-likeness (QED) is 0.452. The zero-order valence-electron chi connectivity index (χ0n) is 19.9. The summed E-state index contributed by atoms with van der Waals surface area (Å²) in [6, 6.07) is 2.29. The van der Waals surface area contributed by atoms with Crippen molar-refractivity contribution in [1.29, 1.82) is 0 Å². The Morgan fingerprint density at radius 3 is 2.64 bits per heavy atom. The number of rotatable bonds is 7. The van der Waals surface area contributed by atoms with Gasteiger partial charge in [-0.1, -0.05) is 11.6 Å². The molecule has 0 saturated carbocycles. The average Bonchev–Trinajstić information content (AvgIpc) is 3.53. The Balaban J connectivity index is 1.38. The van der Waals surface area contributed by atoms with E-state index >= 15 is 0 Å². The van der Waals surface area contributed by atoms with Gasteiger partial charge in [-0.05, 0) is 32.0 Å². The minimum Gasteiger partial charge on any atom is -0.346 e. The molecule has 0 spiro atoms. The monoisotopic (exact) mass is 533 g/mol. The third kappa shape index (κ3) is 6.77. The standard InChI is InChI=1S/C23H28ClN7O4S/c1-30-9-6-16-17(13-30)36-23(28-16)22(35)27-15(10-19(32)31-7-2-3-8-31)12-26-20(33)21(34)29-18-5-4-14(24)11-25-18/h4-5,11,15H,2-3,6-10,12-13H2,1H3,(H,26,33)(H,27,35)(H,25,29,34). The molecular formula is C23H28ClN7O4S. The number of amides is 4. The van der Waals surface area contributed by atoms with E-state index in [2.05, 4.69) is 30.8 Å². The number of anilines is 1. The van der Waals surface area contributed by atoms with Crippen LogP contribution in [0.15, 0.2) is 18.3 Å². The van der Waals surface area contributed by atoms with Gasteiger partial charge in [0.05, 0.1) is 16.8 Å². The number of carbonyl (C=O) groups excluding carboxylic acids is 4. The maximum Gasteiger partial charge on any atom is 0.314 e. The zero-order chi connectivity index (χ0) is 25.7. The number of likely N-dealkylation sites (tertiary alicyclic amines) is 1. The fourth-order valence-corrected chi connectivity index (χ4v) is 5.27. The number of carbonyl (C=O) groups is 4. The number of aromatic nitrogens is 2. The van der Waals surface area contributed by atoms with E-state index < -0.39 is 23.8 Å². The number of fused-ring (bicyclic) bond motifs is 1. The van der Waals surface area contributed by atoms with Gasteiger partial charge in [0.2, 0.25) is 5.91 Å². The molecule has 2 aromatic rings. The van der Waals surface area contributed by atoms with Gasteiger partial charge in [-0.3, -0.25) is 19.2 Å². The molecule has 4 rings (SSSR count). The van der Waals surface area contributed by atoms with E-state index in [1.54, 1.807) is 4.90 Å². The second-order valence-corrected chi connectivity index (χ2v) is 10.4. The van der Waals surface area contributed by atoms with Crippen molar-refractivity contribution in [2.45, 2.75) is 38.3 Å². The minimum absolute atomic E-state index is 0.000205. The van der Waals surface area contributed by atoms with Crippen LogP contribution < -0.4 is 16.0 Å². The molecule has 0 bridgehead atoms. The Kier molecular flexibility index (Phi) is 8.49. The van der Waals surface area contributed by atoms with Crippen LogP contribution >= 0.6 is 22.9 Å². The molecule has 0 radical (unpaired) electrons. The first-order valence-electron chi connectivity index (χ1n) is 11.7. The summed E-state index contributed by atoms with van der Waals surface area (Å²) < 4.78 is 0. The lowest BCUT2D eigenvalue weighted by atomic mass is 10.1. The first-order valence-corrected chi connectivity index (χ1v) is 12.9. The highest BCUT2D eigenvalue weighted by Crippen LogP contribution is 2.24. The lowest BCUT2D eigenvalue weighted by Gasteiger charge is -2.22. The Morgan fingerprint density at radius 1 is 1.14 bits per heavy atom. The largest absolute Gasteiger partial charge is 0.346 e. The van der Waals surface area contributed by atoms with Crippen LogP contribution in [-0.4, -0.2) is 82.7 Å². The lowest BCUT2D eigenvalue weighted by Crippen LogP contribution is -2.48. The van der Waals surface area contributed by atoms with Crippen LogP contribution in [0.5, 0.6) is 0 Å². The molecule has 0 aromatic carbocycles. The average molecular weight is 534 g/mol. The highest BCUT2D eigenvalue weighted by atomic mass is 35.5. The van der Waals surface area contributed by atoms with E-state index in [1.807, 2.05) is 7.05 Å². The Hall–Kier alpha value is -3.09. The Labute approximate surface area is 217 Å². The molecule has 192 valence electrons. The summed E-state index contributed by atoms with van der Waals surface area (Å²) in [4.78, 5) is 63.8. The van der Waals surface area contributed by atoms with Crippen LogP contribution in [0.2, 0.25) is 5.02 Å². The van der Waals surface area contributed by atoms with Crippen molar-refractivity contribution in [1.82, 2.24) is 30.4 Å². The van der Waals surface area contributed by atoms with Crippen molar-refractivity contribution >= 4 is 52.4 Å². The third-order valence-corrected chi connectivity index (χ3v) is 7.32. The molecule has 13 heteroatoms. The van der Waals surface area contributed by atoms with Crippen molar-refractivity contribution in [3.63, 3.8) is 0 Å². The normalized spacial score (nSPS) is 16.2. The van der Waals surface area contributed by atoms with Crippen molar-refractivity contribution in [3.05, 3.63) is 38.9 Å². The van der Waals surface area contributed by atoms with E-state index in [0.717, 1.165) is 42.9 Å². The number of pyridine rings is 1. The molecular weight excluding hydrogens is 506 g/mol. The smallest absolute Gasteiger partial charge is 0.314 e. The lowest BCUT2D eigenvalue weighted by molar-refractivity contribution is -0.136. The van der Waals surface area contributed by atoms with Crippen LogP contribution in [0.1, 0.15) is 39.6 Å². The Bertz CT molecular complexity index is 1130. The van der Waals surface area contributed by atoms with Crippen molar-refractivity contribution in [2.24, 2.45) is 0 Å². The molecule has 0 aliphatic carbocycles. The third-order valence-electron chi connectivity index (χ3n) is 6.02. The van der Waals surface area contributed by atoms with Gasteiger partial charge in [-0.15, -0.1) is 11.3 Å². The van der Waals surface area contributed by atoms with Gasteiger partial charge in [-0.2, -0.15) is 0 Å². The summed E-state index contributed by atoms with van der Waals surface area (Å²) in [6.45, 7) is 2.87. The van der Waals surface area contributed by atoms with Gasteiger partial charge in [0, 0.05) is 56.6 Å². The summed E-state index contributed by atoms with van der Waals surface area (Å²) >= 11 is 7.12. The molecule has 2 aliphatic rings. The summed E-state index contributed by atoms with van der Waals surface area (Å²) in [7, 11) is 2.02. The van der Waals surface area contributed by atoms with Crippen LogP contribution in [0.25, 0.3) is 0 Å². The number of hydrogen-bond donors (Lipinski definition) is 3. The van der Waals surface area contributed by atoms with Crippen molar-refractivity contribution in [3.8, 4) is 0 Å². The SMILES string of the molecule is CN1CCc2nc(C(=O)NC(CNC(=O)C(=O)Nc3ccc(Cl)cn3)CC(=O)N3CCCC3)sc2C1. The Morgan fingerprint density at radius 2 is 1.92 bits per heavy atom. The molecule has 2 aromatic heterocycles. The first kappa shape index (κ1) is 26.0. The van der Waals surface area contributed by atoms with Gasteiger partial charge in [0.15, 0.2) is 5.01 Å². The summed E-state index contributed by atoms with van der Waals surface area (Å²) in [5, 5.41) is 8.44. The fraction of sp³-hybridized carbons (Fsp3) is 0.478. The molecule has 1 saturated heterocycles. The highest BCUT2D eigenvalue weighted by molar-refractivity contribution is 7.13. The highest BCUT2D eigenvalue weighted by Gasteiger charge is 2.27. The van der Waals surface area contributed by atoms with Crippen LogP contribution in [-0.2, 0) is 27.3 Å². The van der Waals surface area contributed by atoms with Crippen molar-refractivity contribution < 1.29 is 19.2 Å². The second-order valence-electron chi connectivity index (χ2n) is 8.86. The van der Waals surface area contributed by atoms with E-state index in [4.69, 9.17) is 11.6 Å². The maximum absolute atomic E-state index is 13.0. The minimum atomic E-state index is -0.919. The molecule has 1 fully saturated rings. The fourth-order valence-electron chi connectivity index (χ4n) is 4.07. The van der Waals surface area contributed by atoms with E-state index in [0.29, 0.717) is 23.1 Å². The summed E-state index contributed by atoms with van der Waals surface area (Å²) in [5.41, 5.74) is 0.925. The first-order chi connectivity index (χ1) is 17.3. The predicted molar refractivity (Wildman–Crippen MR) is 135 cm³/mol. The van der Waals surface area contributed by atoms with Crippen LogP contribution in [0.4, 0.5) is 5.82 Å². The van der Waals surface area contributed by atoms with Crippen LogP contribution in [0.3, 0.4) is 0 Å². The number of nitrogens with one attached hydrogen (secondary N) is 3. The van der Waals surface area contributed by atoms with E-state index in [1.165, 1.54) is 29.7 Å². The number of thiazole rings is 1. The molecule has 4 heterocycles. The topological polar surface area (TPSA) is 137 Å². The number of halogens is 1. The van der Waals surface area contributed by atoms with Gasteiger partial charge in [0.25, 0.3) is 5.91 Å². The molecule has 36 heavy (non-hydrogen) atoms. The number of nitrogens with zero attached hydrogens (tertiary/aromatic N) is 4. The number of likely N-dealkylation sites (N-methyl/N-ethyl adjacent to an activating group) is 1. The van der Waals surface area contributed by atoms with E-state index in [9.17, 15) is 19.2 Å². The van der Waals surface area contributed by atoms with E-state index in [-0.39, 0.29) is 24.7 Å². The molecule has 2 aliphatic heterocycles. The summed E-state index contributed by atoms with van der Waals surface area (Å²) in [5.74, 6) is -2.17. The molecule has 1 atom stereocenters. The summed E-state index contributed by atoms with van der Waals surface area (Å²) in [6.07, 6.45) is 4.01. The van der Waals surface area contributed by atoms with Gasteiger partial charge in [0.1, 0.15) is 5.82 Å². The van der Waals surface area contributed by atoms with Crippen LogP contribution in [0, 0.1) is 0 Å². The molecule has 11 nitrogen and oxygen atoms in total. The maximum atomic E-state index is 13.0. The van der Waals surface area contributed by atoms with Gasteiger partial charge >= 0.3 is 11.8 Å². The molecule has 1 unspecified atom stereocenters. The zero-order valence-corrected chi connectivity index (χ0v) is 21.5. The van der Waals surface area contributed by atoms with Gasteiger partial charge < -0.3 is 25.8 Å². The predicted octanol–water partition coefficient (Wildman–Crippen LogP) is 1.05. The molecule has 3 N–H and O–H groups in total. The van der Waals surface area contributed by atoms with Crippen molar-refractivity contribution in [2.75, 3.05) is 38.5 Å². The van der Waals surface area contributed by atoms with Gasteiger partial charge in [-0.25, -0.2) is 9.97 Å². The number of hydrogen-bond acceptors (Lipinski definition) is 8. The second kappa shape index (κ2) is 11.8. The molecule has 4 amide bonds.